The highest BCUT2D eigenvalue weighted by molar-refractivity contribution is 7.80. The Bertz CT molecular complexity index is 1200. The number of para-hydroxylation sites is 1. The number of aromatic nitrogens is 1. The summed E-state index contributed by atoms with van der Waals surface area (Å²) in [6, 6.07) is 31.1. The Morgan fingerprint density at radius 3 is 2.42 bits per heavy atom. The van der Waals surface area contributed by atoms with Crippen molar-refractivity contribution in [3.8, 4) is 0 Å². The molecule has 0 saturated carbocycles. The Hall–Kier alpha value is -3.08. The Balaban J connectivity index is 1.57. The van der Waals surface area contributed by atoms with E-state index in [1.165, 1.54) is 22.4 Å². The quantitative estimate of drug-likeness (QED) is 0.274. The van der Waals surface area contributed by atoms with E-state index in [9.17, 15) is 0 Å². The molecule has 0 atom stereocenters. The number of rotatable bonds is 8. The summed E-state index contributed by atoms with van der Waals surface area (Å²) in [5.41, 5.74) is 5.91. The van der Waals surface area contributed by atoms with Crippen LogP contribution in [-0.4, -0.2) is 14.6 Å². The molecule has 0 aliphatic heterocycles. The van der Waals surface area contributed by atoms with E-state index in [0.29, 0.717) is 6.54 Å². The molecule has 4 aromatic rings. The maximum atomic E-state index is 6.20. The van der Waals surface area contributed by atoms with Gasteiger partial charge in [0.15, 0.2) is 5.11 Å². The zero-order chi connectivity index (χ0) is 23.0. The molecule has 1 heterocycles. The fourth-order valence-corrected chi connectivity index (χ4v) is 4.37. The molecule has 168 valence electrons. The van der Waals surface area contributed by atoms with Crippen LogP contribution in [-0.2, 0) is 26.1 Å². The van der Waals surface area contributed by atoms with Gasteiger partial charge in [0.2, 0.25) is 0 Å². The van der Waals surface area contributed by atoms with Crippen LogP contribution >= 0.6 is 23.8 Å². The fourth-order valence-electron chi connectivity index (χ4n) is 3.92. The summed E-state index contributed by atoms with van der Waals surface area (Å²) in [4.78, 5) is 2.22. The highest BCUT2D eigenvalue weighted by Crippen LogP contribution is 2.19. The molecule has 0 radical (unpaired) electrons. The monoisotopic (exact) mass is 473 g/mol. The first-order chi connectivity index (χ1) is 16.1. The third kappa shape index (κ3) is 6.25. The Kier molecular flexibility index (Phi) is 7.82. The molecule has 0 fully saturated rings. The van der Waals surface area contributed by atoms with Crippen molar-refractivity contribution in [2.24, 2.45) is 0 Å². The van der Waals surface area contributed by atoms with Gasteiger partial charge in [0.05, 0.1) is 6.54 Å². The van der Waals surface area contributed by atoms with Gasteiger partial charge in [-0.15, -0.1) is 0 Å². The van der Waals surface area contributed by atoms with Crippen LogP contribution < -0.4 is 5.32 Å². The molecule has 0 aliphatic rings. The van der Waals surface area contributed by atoms with Crippen LogP contribution in [0.4, 0.5) is 5.69 Å². The van der Waals surface area contributed by atoms with Crippen molar-refractivity contribution in [2.45, 2.75) is 33.0 Å². The first-order valence-electron chi connectivity index (χ1n) is 11.2. The van der Waals surface area contributed by atoms with E-state index in [1.54, 1.807) is 0 Å². The van der Waals surface area contributed by atoms with Crippen LogP contribution in [0, 0.1) is 0 Å². The molecule has 3 nitrogen and oxygen atoms in total. The third-order valence-electron chi connectivity index (χ3n) is 5.66. The van der Waals surface area contributed by atoms with Gasteiger partial charge in [-0.2, -0.15) is 0 Å². The number of thiocarbonyl (C=S) groups is 1. The van der Waals surface area contributed by atoms with Gasteiger partial charge in [0, 0.05) is 35.7 Å². The topological polar surface area (TPSA) is 20.2 Å². The number of aryl methyl sites for hydroxylation is 1. The van der Waals surface area contributed by atoms with Gasteiger partial charge in [0.1, 0.15) is 0 Å². The predicted octanol–water partition coefficient (Wildman–Crippen LogP) is 7.15. The van der Waals surface area contributed by atoms with Crippen molar-refractivity contribution in [1.82, 2.24) is 9.47 Å². The molecule has 0 bridgehead atoms. The van der Waals surface area contributed by atoms with Gasteiger partial charge in [-0.05, 0) is 65.7 Å². The largest absolute Gasteiger partial charge is 0.345 e. The van der Waals surface area contributed by atoms with Gasteiger partial charge in [0.25, 0.3) is 0 Å². The number of nitrogens with one attached hydrogen (secondary N) is 1. The van der Waals surface area contributed by atoms with Gasteiger partial charge in [-0.25, -0.2) is 0 Å². The molecule has 0 aliphatic carbocycles. The lowest BCUT2D eigenvalue weighted by Gasteiger charge is -2.27. The number of nitrogens with zero attached hydrogens (tertiary/aromatic N) is 2. The van der Waals surface area contributed by atoms with Crippen LogP contribution in [0.15, 0.2) is 97.2 Å². The molecule has 1 aromatic heterocycles. The molecule has 0 spiro atoms. The molecular formula is C28H28ClN3S. The molecule has 0 amide bonds. The third-order valence-corrected chi connectivity index (χ3v) is 6.26. The number of hydrogen-bond donors (Lipinski definition) is 1. The average molecular weight is 474 g/mol. The molecule has 1 N–H and O–H groups in total. The van der Waals surface area contributed by atoms with E-state index in [0.717, 1.165) is 35.3 Å². The van der Waals surface area contributed by atoms with Crippen molar-refractivity contribution in [2.75, 3.05) is 5.32 Å². The second-order valence-corrected chi connectivity index (χ2v) is 8.86. The molecule has 3 aromatic carbocycles. The van der Waals surface area contributed by atoms with Gasteiger partial charge in [-0.1, -0.05) is 79.2 Å². The second kappa shape index (κ2) is 11.2. The zero-order valence-electron chi connectivity index (χ0n) is 18.7. The van der Waals surface area contributed by atoms with Gasteiger partial charge in [-0.3, -0.25) is 0 Å². The Morgan fingerprint density at radius 2 is 1.64 bits per heavy atom. The Morgan fingerprint density at radius 1 is 0.879 bits per heavy atom. The van der Waals surface area contributed by atoms with Gasteiger partial charge >= 0.3 is 0 Å². The van der Waals surface area contributed by atoms with Crippen LogP contribution in [0.25, 0.3) is 0 Å². The molecule has 5 heteroatoms. The van der Waals surface area contributed by atoms with E-state index in [4.69, 9.17) is 23.8 Å². The average Bonchev–Trinajstić information content (AvgIpc) is 3.26. The lowest BCUT2D eigenvalue weighted by Crippen LogP contribution is -2.34. The standard InChI is InChI=1S/C28H28ClN3S/c1-2-24-13-6-7-16-27(24)30-28(33)32(19-22-10-4-3-5-11-22)21-26-15-9-17-31(26)20-23-12-8-14-25(29)18-23/h3-18H,2,19-21H2,1H3,(H,30,33). The maximum Gasteiger partial charge on any atom is 0.174 e. The van der Waals surface area contributed by atoms with Crippen LogP contribution in [0.5, 0.6) is 0 Å². The van der Waals surface area contributed by atoms with E-state index in [-0.39, 0.29) is 0 Å². The van der Waals surface area contributed by atoms with E-state index in [2.05, 4.69) is 88.6 Å². The normalized spacial score (nSPS) is 10.7. The minimum absolute atomic E-state index is 0.697. The number of halogens is 1. The first kappa shape index (κ1) is 23.1. The highest BCUT2D eigenvalue weighted by Gasteiger charge is 2.15. The summed E-state index contributed by atoms with van der Waals surface area (Å²) in [6.07, 6.45) is 3.06. The Labute approximate surface area is 206 Å². The first-order valence-corrected chi connectivity index (χ1v) is 12.0. The van der Waals surface area contributed by atoms with Gasteiger partial charge < -0.3 is 14.8 Å². The summed E-state index contributed by atoms with van der Waals surface area (Å²) >= 11 is 12.1. The molecule has 0 unspecified atom stereocenters. The predicted molar refractivity (Wildman–Crippen MR) is 143 cm³/mol. The van der Waals surface area contributed by atoms with Crippen molar-refractivity contribution in [3.05, 3.63) is 125 Å². The second-order valence-electron chi connectivity index (χ2n) is 8.04. The van der Waals surface area contributed by atoms with E-state index >= 15 is 0 Å². The molecular weight excluding hydrogens is 446 g/mol. The molecule has 0 saturated heterocycles. The van der Waals surface area contributed by atoms with Crippen LogP contribution in [0.1, 0.15) is 29.3 Å². The van der Waals surface area contributed by atoms with Crippen LogP contribution in [0.3, 0.4) is 0 Å². The maximum absolute atomic E-state index is 6.20. The summed E-state index contributed by atoms with van der Waals surface area (Å²) < 4.78 is 2.26. The van der Waals surface area contributed by atoms with Crippen LogP contribution in [0.2, 0.25) is 5.02 Å². The summed E-state index contributed by atoms with van der Waals surface area (Å²) in [5.74, 6) is 0. The number of anilines is 1. The fraction of sp³-hybridized carbons (Fsp3) is 0.179. The number of hydrogen-bond acceptors (Lipinski definition) is 1. The molecule has 33 heavy (non-hydrogen) atoms. The molecule has 4 rings (SSSR count). The summed E-state index contributed by atoms with van der Waals surface area (Å²) in [6.45, 7) is 4.35. The van der Waals surface area contributed by atoms with Crippen molar-refractivity contribution in [1.29, 1.82) is 0 Å². The van der Waals surface area contributed by atoms with Crippen molar-refractivity contribution in [3.63, 3.8) is 0 Å². The lowest BCUT2D eigenvalue weighted by atomic mass is 10.1. The summed E-state index contributed by atoms with van der Waals surface area (Å²) in [5, 5.41) is 4.98. The van der Waals surface area contributed by atoms with Crippen molar-refractivity contribution >= 4 is 34.6 Å². The van der Waals surface area contributed by atoms with Crippen molar-refractivity contribution < 1.29 is 0 Å². The minimum atomic E-state index is 0.697. The summed E-state index contributed by atoms with van der Waals surface area (Å²) in [7, 11) is 0. The lowest BCUT2D eigenvalue weighted by molar-refractivity contribution is 0.399. The highest BCUT2D eigenvalue weighted by atomic mass is 35.5. The minimum Gasteiger partial charge on any atom is -0.345 e. The SMILES string of the molecule is CCc1ccccc1NC(=S)N(Cc1ccccc1)Cc1cccn1Cc1cccc(Cl)c1. The smallest absolute Gasteiger partial charge is 0.174 e. The zero-order valence-corrected chi connectivity index (χ0v) is 20.3. The number of benzene rings is 3. The van der Waals surface area contributed by atoms with E-state index in [1.807, 2.05) is 30.3 Å². The van der Waals surface area contributed by atoms with E-state index < -0.39 is 0 Å².